The molecule has 3 N–H and O–H groups in total. The lowest BCUT2D eigenvalue weighted by atomic mass is 10.1. The Kier molecular flexibility index (Phi) is 3.88. The smallest absolute Gasteiger partial charge is 0.336 e. The maximum atomic E-state index is 11.4. The summed E-state index contributed by atoms with van der Waals surface area (Å²) in [7, 11) is 0. The zero-order valence-corrected chi connectivity index (χ0v) is 11.8. The molecular weight excluding hydrogens is 292 g/mol. The Bertz CT molecular complexity index is 738. The zero-order chi connectivity index (χ0) is 15.9. The van der Waals surface area contributed by atoms with Gasteiger partial charge in [-0.2, -0.15) is 0 Å². The van der Waals surface area contributed by atoms with E-state index in [0.717, 1.165) is 10.9 Å². The van der Waals surface area contributed by atoms with E-state index < -0.39 is 36.8 Å². The first kappa shape index (κ1) is 15.0. The van der Waals surface area contributed by atoms with Crippen LogP contribution in [0.25, 0.3) is 11.0 Å². The molecule has 0 saturated carbocycles. The second kappa shape index (κ2) is 5.69. The quantitative estimate of drug-likeness (QED) is 0.680. The largest absolute Gasteiger partial charge is 0.462 e. The third-order valence-electron chi connectivity index (χ3n) is 3.67. The van der Waals surface area contributed by atoms with E-state index >= 15 is 0 Å². The first-order valence-corrected chi connectivity index (χ1v) is 6.83. The van der Waals surface area contributed by atoms with Crippen molar-refractivity contribution >= 4 is 11.0 Å². The van der Waals surface area contributed by atoms with Crippen molar-refractivity contribution in [1.82, 2.24) is 0 Å². The van der Waals surface area contributed by atoms with Gasteiger partial charge in [-0.1, -0.05) is 0 Å². The van der Waals surface area contributed by atoms with E-state index in [1.54, 1.807) is 19.1 Å². The molecule has 0 amide bonds. The zero-order valence-electron chi connectivity index (χ0n) is 11.8. The third-order valence-corrected chi connectivity index (χ3v) is 3.67. The Labute approximate surface area is 125 Å². The number of benzene rings is 1. The van der Waals surface area contributed by atoms with Crippen LogP contribution in [0.1, 0.15) is 5.56 Å². The molecule has 0 spiro atoms. The number of hydrogen-bond donors (Lipinski definition) is 3. The fourth-order valence-corrected chi connectivity index (χ4v) is 2.48. The average molecular weight is 308 g/mol. The molecule has 1 aromatic carbocycles. The molecule has 1 aliphatic rings. The Morgan fingerprint density at radius 3 is 2.68 bits per heavy atom. The molecule has 1 aliphatic heterocycles. The molecule has 2 aromatic rings. The third kappa shape index (κ3) is 2.59. The molecule has 1 aromatic heterocycles. The summed E-state index contributed by atoms with van der Waals surface area (Å²) in [5.41, 5.74) is 0.676. The van der Waals surface area contributed by atoms with Gasteiger partial charge in [-0.3, -0.25) is 0 Å². The highest BCUT2D eigenvalue weighted by molar-refractivity contribution is 5.81. The maximum Gasteiger partial charge on any atom is 0.336 e. The fourth-order valence-electron chi connectivity index (χ4n) is 2.48. The van der Waals surface area contributed by atoms with Crippen LogP contribution in [0.4, 0.5) is 0 Å². The molecule has 7 nitrogen and oxygen atoms in total. The van der Waals surface area contributed by atoms with Crippen molar-refractivity contribution in [2.24, 2.45) is 0 Å². The van der Waals surface area contributed by atoms with E-state index in [9.17, 15) is 15.0 Å². The lowest BCUT2D eigenvalue weighted by Gasteiger charge is -2.17. The number of hydrogen-bond acceptors (Lipinski definition) is 7. The molecule has 0 bridgehead atoms. The minimum absolute atomic E-state index is 0.316. The maximum absolute atomic E-state index is 11.4. The van der Waals surface area contributed by atoms with Crippen LogP contribution < -0.4 is 10.4 Å². The van der Waals surface area contributed by atoms with Crippen molar-refractivity contribution < 1.29 is 29.2 Å². The van der Waals surface area contributed by atoms with E-state index in [1.165, 1.54) is 12.1 Å². The van der Waals surface area contributed by atoms with E-state index in [4.69, 9.17) is 19.0 Å². The van der Waals surface area contributed by atoms with Gasteiger partial charge in [0.2, 0.25) is 6.29 Å². The van der Waals surface area contributed by atoms with E-state index in [2.05, 4.69) is 0 Å². The first-order valence-electron chi connectivity index (χ1n) is 6.83. The standard InChI is InChI=1S/C15H16O7/c1-7-4-12(17)21-10-5-8(2-3-9(7)10)20-15-14(19)13(18)11(6-16)22-15/h2-5,11,13-16,18-19H,6H2,1H3/t11-,13+,14+,15-/m0/s1. The second-order valence-corrected chi connectivity index (χ2v) is 5.23. The van der Waals surface area contributed by atoms with Crippen LogP contribution in [-0.2, 0) is 4.74 Å². The predicted octanol–water partition coefficient (Wildman–Crippen LogP) is -0.0808. The molecule has 3 rings (SSSR count). The summed E-state index contributed by atoms with van der Waals surface area (Å²) in [6.45, 7) is 1.37. The van der Waals surface area contributed by atoms with Gasteiger partial charge in [0.15, 0.2) is 0 Å². The summed E-state index contributed by atoms with van der Waals surface area (Å²) >= 11 is 0. The number of aryl methyl sites for hydroxylation is 1. The van der Waals surface area contributed by atoms with Crippen LogP contribution in [0.3, 0.4) is 0 Å². The van der Waals surface area contributed by atoms with Gasteiger partial charge in [-0.05, 0) is 24.6 Å². The molecule has 7 heteroatoms. The van der Waals surface area contributed by atoms with Crippen LogP contribution in [0.15, 0.2) is 33.5 Å². The Balaban J connectivity index is 1.87. The lowest BCUT2D eigenvalue weighted by molar-refractivity contribution is -0.116. The van der Waals surface area contributed by atoms with Gasteiger partial charge in [0, 0.05) is 17.5 Å². The van der Waals surface area contributed by atoms with E-state index in [-0.39, 0.29) is 0 Å². The molecule has 22 heavy (non-hydrogen) atoms. The molecule has 1 saturated heterocycles. The molecule has 118 valence electrons. The van der Waals surface area contributed by atoms with Gasteiger partial charge in [-0.25, -0.2) is 4.79 Å². The minimum atomic E-state index is -1.28. The summed E-state index contributed by atoms with van der Waals surface area (Å²) in [6.07, 6.45) is -4.52. The fraction of sp³-hybridized carbons (Fsp3) is 0.400. The molecule has 1 fully saturated rings. The van der Waals surface area contributed by atoms with Crippen LogP contribution in [0.5, 0.6) is 5.75 Å². The van der Waals surface area contributed by atoms with E-state index in [1.807, 2.05) is 0 Å². The summed E-state index contributed by atoms with van der Waals surface area (Å²) in [5, 5.41) is 29.3. The molecule has 4 atom stereocenters. The van der Waals surface area contributed by atoms with Crippen molar-refractivity contribution in [2.75, 3.05) is 6.61 Å². The monoisotopic (exact) mass is 308 g/mol. The van der Waals surface area contributed by atoms with Crippen LogP contribution in [0, 0.1) is 6.92 Å². The number of ether oxygens (including phenoxy) is 2. The highest BCUT2D eigenvalue weighted by atomic mass is 16.7. The Hall–Kier alpha value is -1.93. The second-order valence-electron chi connectivity index (χ2n) is 5.23. The van der Waals surface area contributed by atoms with E-state index in [0.29, 0.717) is 11.3 Å². The molecule has 0 unspecified atom stereocenters. The van der Waals surface area contributed by atoms with Crippen LogP contribution in [-0.4, -0.2) is 46.5 Å². The van der Waals surface area contributed by atoms with Crippen molar-refractivity contribution in [3.63, 3.8) is 0 Å². The summed E-state index contributed by atoms with van der Waals surface area (Å²) in [6, 6.07) is 6.28. The lowest BCUT2D eigenvalue weighted by Crippen LogP contribution is -2.35. The summed E-state index contributed by atoms with van der Waals surface area (Å²) in [5.74, 6) is 0.316. The van der Waals surface area contributed by atoms with Gasteiger partial charge in [-0.15, -0.1) is 0 Å². The highest BCUT2D eigenvalue weighted by Crippen LogP contribution is 2.27. The SMILES string of the molecule is Cc1cc(=O)oc2cc(O[C@H]3O[C@@H](CO)[C@@H](O)[C@H]3O)ccc12. The molecular formula is C15H16O7. The predicted molar refractivity (Wildman–Crippen MR) is 75.6 cm³/mol. The molecule has 0 aliphatic carbocycles. The summed E-state index contributed by atoms with van der Waals surface area (Å²) in [4.78, 5) is 11.4. The van der Waals surface area contributed by atoms with Crippen molar-refractivity contribution in [1.29, 1.82) is 0 Å². The average Bonchev–Trinajstić information content (AvgIpc) is 2.74. The number of fused-ring (bicyclic) bond motifs is 1. The van der Waals surface area contributed by atoms with Gasteiger partial charge >= 0.3 is 5.63 Å². The summed E-state index contributed by atoms with van der Waals surface area (Å²) < 4.78 is 15.8. The minimum Gasteiger partial charge on any atom is -0.462 e. The van der Waals surface area contributed by atoms with Gasteiger partial charge in [0.05, 0.1) is 6.61 Å². The van der Waals surface area contributed by atoms with Crippen molar-refractivity contribution in [2.45, 2.75) is 31.5 Å². The first-order chi connectivity index (χ1) is 10.5. The Morgan fingerprint density at radius 1 is 1.23 bits per heavy atom. The number of rotatable bonds is 3. The molecule has 2 heterocycles. The van der Waals surface area contributed by atoms with Gasteiger partial charge in [0.1, 0.15) is 29.6 Å². The molecule has 0 radical (unpaired) electrons. The van der Waals surface area contributed by atoms with Crippen molar-refractivity contribution in [3.05, 3.63) is 40.2 Å². The number of aliphatic hydroxyl groups is 3. The van der Waals surface area contributed by atoms with Gasteiger partial charge < -0.3 is 29.2 Å². The highest BCUT2D eigenvalue weighted by Gasteiger charge is 2.43. The topological polar surface area (TPSA) is 109 Å². The number of aliphatic hydroxyl groups excluding tert-OH is 3. The van der Waals surface area contributed by atoms with Crippen molar-refractivity contribution in [3.8, 4) is 5.75 Å². The van der Waals surface area contributed by atoms with Gasteiger partial charge in [0.25, 0.3) is 0 Å². The Morgan fingerprint density at radius 2 is 2.00 bits per heavy atom. The van der Waals surface area contributed by atoms with Crippen LogP contribution >= 0.6 is 0 Å². The normalized spacial score (nSPS) is 28.2. The van der Waals surface area contributed by atoms with Crippen LogP contribution in [0.2, 0.25) is 0 Å².